The minimum absolute atomic E-state index is 0.0351. The van der Waals surface area contributed by atoms with Crippen LogP contribution < -0.4 is 0 Å². The summed E-state index contributed by atoms with van der Waals surface area (Å²) in [6, 6.07) is 0. The summed E-state index contributed by atoms with van der Waals surface area (Å²) >= 11 is 0. The lowest BCUT2D eigenvalue weighted by molar-refractivity contribution is -0.151. The summed E-state index contributed by atoms with van der Waals surface area (Å²) < 4.78 is 35.0. The minimum Gasteiger partial charge on any atom is -0.462 e. The van der Waals surface area contributed by atoms with E-state index < -0.39 is 0 Å². The fourth-order valence-electron chi connectivity index (χ4n) is 7.06. The van der Waals surface area contributed by atoms with Crippen molar-refractivity contribution < 1.29 is 38.0 Å². The summed E-state index contributed by atoms with van der Waals surface area (Å²) in [5.74, 6) is -0.157. The van der Waals surface area contributed by atoms with Crippen molar-refractivity contribution in [2.75, 3.05) is 26.4 Å². The monoisotopic (exact) mass is 608 g/mol. The van der Waals surface area contributed by atoms with Crippen molar-refractivity contribution >= 4 is 11.9 Å². The predicted octanol–water partition coefficient (Wildman–Crippen LogP) is 7.38. The molecule has 5 atom stereocenters. The molecule has 0 aromatic carbocycles. The minimum atomic E-state index is -0.0784. The van der Waals surface area contributed by atoms with Crippen molar-refractivity contribution in [3.8, 4) is 0 Å². The molecule has 1 unspecified atom stereocenters. The van der Waals surface area contributed by atoms with E-state index in [2.05, 4.69) is 0 Å². The van der Waals surface area contributed by atoms with Crippen molar-refractivity contribution in [1.82, 2.24) is 0 Å². The zero-order valence-electron chi connectivity index (χ0n) is 26.8. The number of hydrogen-bond donors (Lipinski definition) is 0. The Morgan fingerprint density at radius 1 is 0.488 bits per heavy atom. The molecule has 0 aromatic heterocycles. The van der Waals surface area contributed by atoms with Gasteiger partial charge in [0, 0.05) is 39.3 Å². The molecule has 4 aliphatic heterocycles. The molecule has 0 spiro atoms. The fourth-order valence-corrected chi connectivity index (χ4v) is 7.06. The van der Waals surface area contributed by atoms with Crippen LogP contribution in [0.4, 0.5) is 0 Å². The molecule has 4 fully saturated rings. The van der Waals surface area contributed by atoms with Gasteiger partial charge in [-0.25, -0.2) is 0 Å². The van der Waals surface area contributed by atoms with Gasteiger partial charge < -0.3 is 28.4 Å². The zero-order valence-corrected chi connectivity index (χ0v) is 26.8. The van der Waals surface area contributed by atoms with Crippen LogP contribution in [0.2, 0.25) is 0 Å². The summed E-state index contributed by atoms with van der Waals surface area (Å²) in [6.45, 7) is 3.44. The molecule has 0 aliphatic carbocycles. The predicted molar refractivity (Wildman–Crippen MR) is 165 cm³/mol. The van der Waals surface area contributed by atoms with Gasteiger partial charge >= 0.3 is 11.9 Å². The molecule has 4 rings (SSSR count). The number of esters is 2. The van der Waals surface area contributed by atoms with E-state index in [1.54, 1.807) is 0 Å². The van der Waals surface area contributed by atoms with Crippen LogP contribution in [0, 0.1) is 0 Å². The SMILES string of the molecule is O=C(CCCCCCCC(=O)OC(CC[C@@H]1CCCO1)CC[C@@H]1CCCO1)OC(CC[C@H]1CCCO1)CC[C@@H]1CCCO1. The zero-order chi connectivity index (χ0) is 30.0. The average Bonchev–Trinajstić information content (AvgIpc) is 3.84. The lowest BCUT2D eigenvalue weighted by Gasteiger charge is -2.21. The second-order valence-corrected chi connectivity index (χ2v) is 13.3. The number of rotatable bonds is 22. The molecule has 0 bridgehead atoms. The first kappa shape index (κ1) is 34.6. The molecule has 4 aliphatic rings. The van der Waals surface area contributed by atoms with E-state index in [-0.39, 0.29) is 24.1 Å². The summed E-state index contributed by atoms with van der Waals surface area (Å²) in [4.78, 5) is 25.3. The molecular formula is C35H60O8. The molecule has 0 aromatic rings. The molecule has 43 heavy (non-hydrogen) atoms. The number of hydrogen-bond acceptors (Lipinski definition) is 8. The first-order valence-corrected chi connectivity index (χ1v) is 18.0. The third-order valence-corrected chi connectivity index (χ3v) is 9.70. The Labute approximate surface area is 260 Å². The van der Waals surface area contributed by atoms with E-state index in [9.17, 15) is 9.59 Å². The highest BCUT2D eigenvalue weighted by atomic mass is 16.5. The van der Waals surface area contributed by atoms with Gasteiger partial charge in [0.15, 0.2) is 0 Å². The van der Waals surface area contributed by atoms with Gasteiger partial charge in [0.2, 0.25) is 0 Å². The Kier molecular flexibility index (Phi) is 16.7. The highest BCUT2D eigenvalue weighted by molar-refractivity contribution is 5.69. The van der Waals surface area contributed by atoms with E-state index >= 15 is 0 Å². The Hall–Kier alpha value is -1.22. The van der Waals surface area contributed by atoms with Crippen LogP contribution in [-0.4, -0.2) is 75.0 Å². The summed E-state index contributed by atoms with van der Waals surface area (Å²) in [5, 5.41) is 0. The number of carbonyl (C=O) groups is 2. The van der Waals surface area contributed by atoms with Crippen molar-refractivity contribution in [3.05, 3.63) is 0 Å². The third kappa shape index (κ3) is 14.6. The number of ether oxygens (including phenoxy) is 6. The van der Waals surface area contributed by atoms with E-state index in [0.717, 1.165) is 161 Å². The van der Waals surface area contributed by atoms with Crippen LogP contribution in [-0.2, 0) is 38.0 Å². The molecule has 8 heteroatoms. The Balaban J connectivity index is 1.04. The molecule has 8 nitrogen and oxygen atoms in total. The van der Waals surface area contributed by atoms with Gasteiger partial charge in [-0.1, -0.05) is 19.3 Å². The van der Waals surface area contributed by atoms with Gasteiger partial charge in [-0.3, -0.25) is 9.59 Å². The van der Waals surface area contributed by atoms with E-state index in [1.807, 2.05) is 0 Å². The van der Waals surface area contributed by atoms with Gasteiger partial charge in [-0.2, -0.15) is 0 Å². The second kappa shape index (κ2) is 20.7. The standard InChI is InChI=1S/C35H60O8/c36-34(42-32(20-16-28-10-6-24-38-28)21-17-29-11-7-25-39-29)14-4-2-1-3-5-15-35(37)43-33(22-18-30-12-8-26-40-30)23-19-31-13-9-27-41-31/h28-33H,1-27H2/t28-,29-,30-,31+,33?/m0/s1. The molecule has 0 saturated carbocycles. The van der Waals surface area contributed by atoms with E-state index in [4.69, 9.17) is 28.4 Å². The lowest BCUT2D eigenvalue weighted by Crippen LogP contribution is -2.22. The number of carbonyl (C=O) groups excluding carboxylic acids is 2. The summed E-state index contributed by atoms with van der Waals surface area (Å²) in [5.41, 5.74) is 0. The van der Waals surface area contributed by atoms with Gasteiger partial charge in [-0.05, 0) is 116 Å². The third-order valence-electron chi connectivity index (χ3n) is 9.70. The van der Waals surface area contributed by atoms with Gasteiger partial charge in [0.05, 0.1) is 24.4 Å². The van der Waals surface area contributed by atoms with Crippen LogP contribution in [0.1, 0.15) is 148 Å². The molecule has 248 valence electrons. The van der Waals surface area contributed by atoms with Gasteiger partial charge in [0.25, 0.3) is 0 Å². The maximum atomic E-state index is 12.6. The van der Waals surface area contributed by atoms with Crippen molar-refractivity contribution in [1.29, 1.82) is 0 Å². The lowest BCUT2D eigenvalue weighted by atomic mass is 10.0. The smallest absolute Gasteiger partial charge is 0.306 e. The Morgan fingerprint density at radius 2 is 0.791 bits per heavy atom. The molecular weight excluding hydrogens is 548 g/mol. The Morgan fingerprint density at radius 3 is 1.07 bits per heavy atom. The van der Waals surface area contributed by atoms with Crippen LogP contribution >= 0.6 is 0 Å². The van der Waals surface area contributed by atoms with E-state index in [1.165, 1.54) is 0 Å². The van der Waals surface area contributed by atoms with E-state index in [0.29, 0.717) is 37.3 Å². The van der Waals surface area contributed by atoms with Crippen LogP contribution in [0.25, 0.3) is 0 Å². The van der Waals surface area contributed by atoms with Gasteiger partial charge in [0.1, 0.15) is 12.2 Å². The van der Waals surface area contributed by atoms with Crippen molar-refractivity contribution in [2.24, 2.45) is 0 Å². The topological polar surface area (TPSA) is 89.5 Å². The maximum Gasteiger partial charge on any atom is 0.306 e. The summed E-state index contributed by atoms with van der Waals surface area (Å²) in [6.07, 6.45) is 23.2. The quantitative estimate of drug-likeness (QED) is 0.0929. The fraction of sp³-hybridized carbons (Fsp3) is 0.943. The van der Waals surface area contributed by atoms with Crippen molar-refractivity contribution in [3.63, 3.8) is 0 Å². The highest BCUT2D eigenvalue weighted by Crippen LogP contribution is 2.25. The normalized spacial score (nSPS) is 26.3. The van der Waals surface area contributed by atoms with Crippen LogP contribution in [0.3, 0.4) is 0 Å². The molecule has 0 radical (unpaired) electrons. The second-order valence-electron chi connectivity index (χ2n) is 13.3. The average molecular weight is 609 g/mol. The van der Waals surface area contributed by atoms with Gasteiger partial charge in [-0.15, -0.1) is 0 Å². The first-order valence-electron chi connectivity index (χ1n) is 18.0. The Bertz CT molecular complexity index is 649. The highest BCUT2D eigenvalue weighted by Gasteiger charge is 2.25. The number of unbranched alkanes of at least 4 members (excludes halogenated alkanes) is 4. The molecule has 0 N–H and O–H groups in total. The summed E-state index contributed by atoms with van der Waals surface area (Å²) in [7, 11) is 0. The molecule has 4 heterocycles. The first-order chi connectivity index (χ1) is 21.1. The molecule has 0 amide bonds. The van der Waals surface area contributed by atoms with Crippen molar-refractivity contribution in [2.45, 2.75) is 184 Å². The van der Waals surface area contributed by atoms with Crippen LogP contribution in [0.5, 0.6) is 0 Å². The van der Waals surface area contributed by atoms with Crippen LogP contribution in [0.15, 0.2) is 0 Å². The maximum absolute atomic E-state index is 12.6. The largest absolute Gasteiger partial charge is 0.462 e. The molecule has 4 saturated heterocycles.